The van der Waals surface area contributed by atoms with E-state index in [4.69, 9.17) is 4.52 Å². The second-order valence-electron chi connectivity index (χ2n) is 6.77. The number of hydrogen-bond acceptors (Lipinski definition) is 7. The topological polar surface area (TPSA) is 73.8 Å². The Morgan fingerprint density at radius 2 is 1.84 bits per heavy atom. The highest BCUT2D eigenvalue weighted by molar-refractivity contribution is 7.98. The molecule has 5 aromatic rings. The maximum atomic E-state index is 13.1. The number of rotatable bonds is 5. The second-order valence-corrected chi connectivity index (χ2v) is 8.74. The molecule has 0 saturated heterocycles. The molecule has 0 N–H and O–H groups in total. The fourth-order valence-corrected chi connectivity index (χ4v) is 4.97. The number of benzene rings is 2. The number of thiophene rings is 1. The third-order valence-corrected chi connectivity index (χ3v) is 6.78. The van der Waals surface area contributed by atoms with Crippen LogP contribution in [0.1, 0.15) is 5.82 Å². The predicted molar refractivity (Wildman–Crippen MR) is 120 cm³/mol. The fraction of sp³-hybridized carbons (Fsp3) is 0.0909. The summed E-state index contributed by atoms with van der Waals surface area (Å²) >= 11 is 2.85. The number of fused-ring (bicyclic) bond motifs is 1. The Hall–Kier alpha value is -3.30. The van der Waals surface area contributed by atoms with Gasteiger partial charge in [0.1, 0.15) is 10.6 Å². The van der Waals surface area contributed by atoms with Crippen LogP contribution < -0.4 is 5.56 Å². The number of nitrogens with zero attached hydrogens (tertiary/aromatic N) is 4. The smallest absolute Gasteiger partial charge is 0.262 e. The summed E-state index contributed by atoms with van der Waals surface area (Å²) < 4.78 is 19.9. The van der Waals surface area contributed by atoms with E-state index in [1.54, 1.807) is 19.2 Å². The molecule has 2 aromatic carbocycles. The average Bonchev–Trinajstić information content (AvgIpc) is 3.44. The Kier molecular flexibility index (Phi) is 5.13. The molecule has 0 spiro atoms. The van der Waals surface area contributed by atoms with Crippen LogP contribution in [0.3, 0.4) is 0 Å². The van der Waals surface area contributed by atoms with Crippen molar-refractivity contribution in [1.29, 1.82) is 0 Å². The van der Waals surface area contributed by atoms with Crippen molar-refractivity contribution in [3.63, 3.8) is 0 Å². The molecular weight excluding hydrogens is 435 g/mol. The zero-order valence-electron chi connectivity index (χ0n) is 16.3. The monoisotopic (exact) mass is 450 g/mol. The van der Waals surface area contributed by atoms with Crippen molar-refractivity contribution in [1.82, 2.24) is 19.7 Å². The molecule has 9 heteroatoms. The van der Waals surface area contributed by atoms with E-state index in [0.717, 1.165) is 10.4 Å². The van der Waals surface area contributed by atoms with Crippen LogP contribution in [0.5, 0.6) is 0 Å². The molecule has 0 bridgehead atoms. The summed E-state index contributed by atoms with van der Waals surface area (Å²) in [6, 6.07) is 17.7. The molecule has 3 aromatic heterocycles. The van der Waals surface area contributed by atoms with E-state index in [9.17, 15) is 9.18 Å². The summed E-state index contributed by atoms with van der Waals surface area (Å²) in [5.74, 6) is 0.840. The molecule has 0 aliphatic heterocycles. The summed E-state index contributed by atoms with van der Waals surface area (Å²) in [7, 11) is 1.71. The van der Waals surface area contributed by atoms with Gasteiger partial charge in [-0.1, -0.05) is 47.3 Å². The Balaban J connectivity index is 1.40. The lowest BCUT2D eigenvalue weighted by Crippen LogP contribution is -2.19. The van der Waals surface area contributed by atoms with Gasteiger partial charge in [0.25, 0.3) is 11.4 Å². The van der Waals surface area contributed by atoms with E-state index in [0.29, 0.717) is 38.4 Å². The van der Waals surface area contributed by atoms with Gasteiger partial charge < -0.3 is 4.52 Å². The summed E-state index contributed by atoms with van der Waals surface area (Å²) in [6.07, 6.45) is 0. The van der Waals surface area contributed by atoms with Crippen molar-refractivity contribution in [3.05, 3.63) is 82.7 Å². The van der Waals surface area contributed by atoms with Gasteiger partial charge in [0.05, 0.1) is 11.1 Å². The molecule has 0 atom stereocenters. The highest BCUT2D eigenvalue weighted by atomic mass is 32.2. The van der Waals surface area contributed by atoms with Crippen molar-refractivity contribution in [2.24, 2.45) is 7.05 Å². The highest BCUT2D eigenvalue weighted by Crippen LogP contribution is 2.32. The van der Waals surface area contributed by atoms with Crippen LogP contribution in [-0.2, 0) is 12.8 Å². The van der Waals surface area contributed by atoms with E-state index < -0.39 is 0 Å². The van der Waals surface area contributed by atoms with Crippen LogP contribution >= 0.6 is 23.1 Å². The summed E-state index contributed by atoms with van der Waals surface area (Å²) in [6.45, 7) is 0. The molecule has 31 heavy (non-hydrogen) atoms. The Morgan fingerprint density at radius 3 is 2.61 bits per heavy atom. The van der Waals surface area contributed by atoms with Gasteiger partial charge in [0.15, 0.2) is 11.0 Å². The summed E-state index contributed by atoms with van der Waals surface area (Å²) in [5, 5.41) is 5.16. The minimum atomic E-state index is -0.328. The van der Waals surface area contributed by atoms with Gasteiger partial charge in [0.2, 0.25) is 0 Å². The maximum absolute atomic E-state index is 13.1. The predicted octanol–water partition coefficient (Wildman–Crippen LogP) is 5.14. The second kappa shape index (κ2) is 8.09. The van der Waals surface area contributed by atoms with E-state index >= 15 is 0 Å². The quantitative estimate of drug-likeness (QED) is 0.273. The normalized spacial score (nSPS) is 11.3. The average molecular weight is 451 g/mol. The SMILES string of the molecule is Cn1c(SCc2noc(-c3ccc(F)cc3)n2)nc2sc(-c3ccccc3)cc2c1=O. The van der Waals surface area contributed by atoms with Crippen LogP contribution in [0, 0.1) is 5.82 Å². The first-order chi connectivity index (χ1) is 15.1. The number of hydrogen-bond donors (Lipinski definition) is 0. The zero-order chi connectivity index (χ0) is 21.4. The first kappa shape index (κ1) is 19.7. The van der Waals surface area contributed by atoms with Crippen LogP contribution in [-0.4, -0.2) is 19.7 Å². The molecule has 5 rings (SSSR count). The van der Waals surface area contributed by atoms with Crippen molar-refractivity contribution < 1.29 is 8.91 Å². The first-order valence-corrected chi connectivity index (χ1v) is 11.2. The van der Waals surface area contributed by atoms with Gasteiger partial charge in [-0.3, -0.25) is 9.36 Å². The first-order valence-electron chi connectivity index (χ1n) is 9.36. The van der Waals surface area contributed by atoms with Crippen LogP contribution in [0.2, 0.25) is 0 Å². The lowest BCUT2D eigenvalue weighted by molar-refractivity contribution is 0.425. The lowest BCUT2D eigenvalue weighted by Gasteiger charge is -2.05. The minimum Gasteiger partial charge on any atom is -0.334 e. The van der Waals surface area contributed by atoms with Crippen LogP contribution in [0.25, 0.3) is 32.1 Å². The molecule has 0 aliphatic carbocycles. The molecule has 154 valence electrons. The van der Waals surface area contributed by atoms with Crippen LogP contribution in [0.15, 0.2) is 75.1 Å². The van der Waals surface area contributed by atoms with Crippen molar-refractivity contribution >= 4 is 33.3 Å². The Morgan fingerprint density at radius 1 is 1.06 bits per heavy atom. The highest BCUT2D eigenvalue weighted by Gasteiger charge is 2.15. The van der Waals surface area contributed by atoms with Gasteiger partial charge in [-0.2, -0.15) is 4.98 Å². The van der Waals surface area contributed by atoms with E-state index in [2.05, 4.69) is 15.1 Å². The van der Waals surface area contributed by atoms with E-state index in [1.165, 1.54) is 39.8 Å². The molecule has 0 radical (unpaired) electrons. The van der Waals surface area contributed by atoms with Crippen molar-refractivity contribution in [2.45, 2.75) is 10.9 Å². The molecule has 6 nitrogen and oxygen atoms in total. The summed E-state index contributed by atoms with van der Waals surface area (Å²) in [4.78, 5) is 23.6. The third-order valence-electron chi connectivity index (χ3n) is 4.68. The third kappa shape index (κ3) is 3.89. The molecule has 0 aliphatic rings. The minimum absolute atomic E-state index is 0.0916. The van der Waals surface area contributed by atoms with E-state index in [1.807, 2.05) is 36.4 Å². The van der Waals surface area contributed by atoms with E-state index in [-0.39, 0.29) is 11.4 Å². The standard InChI is InChI=1S/C22H15FN4O2S2/c1-27-21(28)16-11-17(13-5-3-2-4-6-13)31-20(16)25-22(27)30-12-18-24-19(29-26-18)14-7-9-15(23)10-8-14/h2-11H,12H2,1H3. The Bertz CT molecular complexity index is 1430. The van der Waals surface area contributed by atoms with Gasteiger partial charge in [-0.15, -0.1) is 11.3 Å². The van der Waals surface area contributed by atoms with Gasteiger partial charge in [-0.05, 0) is 35.9 Å². The lowest BCUT2D eigenvalue weighted by atomic mass is 10.2. The molecule has 0 fully saturated rings. The molecule has 0 unspecified atom stereocenters. The molecule has 0 amide bonds. The Labute approximate surface area is 184 Å². The zero-order valence-corrected chi connectivity index (χ0v) is 17.9. The van der Waals surface area contributed by atoms with Crippen molar-refractivity contribution in [2.75, 3.05) is 0 Å². The largest absolute Gasteiger partial charge is 0.334 e. The van der Waals surface area contributed by atoms with Crippen LogP contribution in [0.4, 0.5) is 4.39 Å². The van der Waals surface area contributed by atoms with Gasteiger partial charge >= 0.3 is 0 Å². The molecule has 3 heterocycles. The summed E-state index contributed by atoms with van der Waals surface area (Å²) in [5.41, 5.74) is 1.61. The molecule has 0 saturated carbocycles. The molecular formula is C22H15FN4O2S2. The number of thioether (sulfide) groups is 1. The maximum Gasteiger partial charge on any atom is 0.262 e. The van der Waals surface area contributed by atoms with Crippen molar-refractivity contribution in [3.8, 4) is 21.9 Å². The van der Waals surface area contributed by atoms with Gasteiger partial charge in [0, 0.05) is 17.5 Å². The number of aromatic nitrogens is 4. The van der Waals surface area contributed by atoms with Gasteiger partial charge in [-0.25, -0.2) is 9.37 Å². The fourth-order valence-electron chi connectivity index (χ4n) is 3.07. The number of halogens is 1.